The summed E-state index contributed by atoms with van der Waals surface area (Å²) in [5.41, 5.74) is 2.30. The maximum Gasteiger partial charge on any atom is 0.257 e. The Labute approximate surface area is 141 Å². The third-order valence-corrected chi connectivity index (χ3v) is 4.44. The van der Waals surface area contributed by atoms with Crippen molar-refractivity contribution in [3.63, 3.8) is 0 Å². The molecule has 6 nitrogen and oxygen atoms in total. The minimum Gasteiger partial charge on any atom is -0.497 e. The van der Waals surface area contributed by atoms with Gasteiger partial charge in [0, 0.05) is 30.9 Å². The van der Waals surface area contributed by atoms with Crippen molar-refractivity contribution < 1.29 is 14.1 Å². The van der Waals surface area contributed by atoms with E-state index < -0.39 is 0 Å². The summed E-state index contributed by atoms with van der Waals surface area (Å²) in [5, 5.41) is 6.97. The van der Waals surface area contributed by atoms with E-state index >= 15 is 0 Å². The lowest BCUT2D eigenvalue weighted by atomic mass is 10.0. The predicted molar refractivity (Wildman–Crippen MR) is 91.7 cm³/mol. The lowest BCUT2D eigenvalue weighted by Gasteiger charge is -2.34. The molecule has 0 bridgehead atoms. The van der Waals surface area contributed by atoms with Crippen LogP contribution in [-0.2, 0) is 0 Å². The van der Waals surface area contributed by atoms with E-state index in [-0.39, 0.29) is 11.9 Å². The van der Waals surface area contributed by atoms with E-state index in [2.05, 4.69) is 21.4 Å². The first-order chi connectivity index (χ1) is 11.6. The number of carbonyl (C=O) groups is 1. The van der Waals surface area contributed by atoms with Crippen LogP contribution >= 0.6 is 0 Å². The molecule has 1 amide bonds. The quantitative estimate of drug-likeness (QED) is 0.934. The fraction of sp³-hybridized carbons (Fsp3) is 0.444. The molecule has 1 saturated heterocycles. The van der Waals surface area contributed by atoms with Crippen LogP contribution in [0.4, 0.5) is 5.69 Å². The molecule has 128 valence electrons. The zero-order valence-corrected chi connectivity index (χ0v) is 14.3. The smallest absolute Gasteiger partial charge is 0.257 e. The number of methoxy groups -OCH3 is 1. The number of carbonyl (C=O) groups excluding carboxylic acids is 1. The summed E-state index contributed by atoms with van der Waals surface area (Å²) >= 11 is 0. The molecule has 1 unspecified atom stereocenters. The number of benzene rings is 1. The summed E-state index contributed by atoms with van der Waals surface area (Å²) in [4.78, 5) is 14.8. The third-order valence-electron chi connectivity index (χ3n) is 4.44. The Morgan fingerprint density at radius 2 is 2.25 bits per heavy atom. The standard InChI is InChI=1S/C18H23N3O3/c1-12-17(13(2)24-20-12)18(22)19-14-6-5-9-21(11-14)15-7-4-8-16(10-15)23-3/h4,7-8,10,14H,5-6,9,11H2,1-3H3,(H,19,22). The number of hydrogen-bond acceptors (Lipinski definition) is 5. The van der Waals surface area contributed by atoms with Crippen LogP contribution < -0.4 is 15.0 Å². The maximum atomic E-state index is 12.5. The van der Waals surface area contributed by atoms with Crippen LogP contribution in [0.5, 0.6) is 5.75 Å². The summed E-state index contributed by atoms with van der Waals surface area (Å²) in [7, 11) is 1.67. The fourth-order valence-corrected chi connectivity index (χ4v) is 3.20. The van der Waals surface area contributed by atoms with E-state index in [9.17, 15) is 4.79 Å². The van der Waals surface area contributed by atoms with Gasteiger partial charge in [-0.25, -0.2) is 0 Å². The van der Waals surface area contributed by atoms with Gasteiger partial charge in [-0.15, -0.1) is 0 Å². The summed E-state index contributed by atoms with van der Waals surface area (Å²) in [6, 6.07) is 8.12. The summed E-state index contributed by atoms with van der Waals surface area (Å²) in [6.45, 7) is 5.31. The molecule has 1 aromatic carbocycles. The van der Waals surface area contributed by atoms with E-state index in [1.54, 1.807) is 21.0 Å². The molecule has 0 aliphatic carbocycles. The molecule has 0 radical (unpaired) electrons. The van der Waals surface area contributed by atoms with E-state index in [0.29, 0.717) is 17.0 Å². The minimum atomic E-state index is -0.108. The molecule has 2 aromatic rings. The second kappa shape index (κ2) is 6.95. The molecule has 3 rings (SSSR count). The fourth-order valence-electron chi connectivity index (χ4n) is 3.20. The van der Waals surface area contributed by atoms with Crippen LogP contribution in [0, 0.1) is 13.8 Å². The topological polar surface area (TPSA) is 67.6 Å². The summed E-state index contributed by atoms with van der Waals surface area (Å²) in [6.07, 6.45) is 2.00. The Morgan fingerprint density at radius 3 is 2.96 bits per heavy atom. The van der Waals surface area contributed by atoms with Crippen LogP contribution in [0.1, 0.15) is 34.7 Å². The van der Waals surface area contributed by atoms with Crippen LogP contribution in [0.15, 0.2) is 28.8 Å². The number of hydrogen-bond donors (Lipinski definition) is 1. The average molecular weight is 329 g/mol. The molecule has 1 atom stereocenters. The lowest BCUT2D eigenvalue weighted by Crippen LogP contribution is -2.48. The number of anilines is 1. The molecule has 1 N–H and O–H groups in total. The van der Waals surface area contributed by atoms with Crippen molar-refractivity contribution in [2.24, 2.45) is 0 Å². The van der Waals surface area contributed by atoms with Crippen molar-refractivity contribution in [3.8, 4) is 5.75 Å². The monoisotopic (exact) mass is 329 g/mol. The first-order valence-corrected chi connectivity index (χ1v) is 8.21. The van der Waals surface area contributed by atoms with Gasteiger partial charge in [-0.2, -0.15) is 0 Å². The largest absolute Gasteiger partial charge is 0.497 e. The maximum absolute atomic E-state index is 12.5. The number of amides is 1. The van der Waals surface area contributed by atoms with Gasteiger partial charge in [0.25, 0.3) is 5.91 Å². The first-order valence-electron chi connectivity index (χ1n) is 8.21. The highest BCUT2D eigenvalue weighted by molar-refractivity contribution is 5.96. The second-order valence-electron chi connectivity index (χ2n) is 6.16. The van der Waals surface area contributed by atoms with E-state index in [4.69, 9.17) is 9.26 Å². The highest BCUT2D eigenvalue weighted by Gasteiger charge is 2.25. The van der Waals surface area contributed by atoms with E-state index in [1.165, 1.54) is 0 Å². The molecule has 0 spiro atoms. The van der Waals surface area contributed by atoms with E-state index in [0.717, 1.165) is 37.4 Å². The van der Waals surface area contributed by atoms with Gasteiger partial charge in [-0.3, -0.25) is 4.79 Å². The van der Waals surface area contributed by atoms with Gasteiger partial charge < -0.3 is 19.5 Å². The van der Waals surface area contributed by atoms with Gasteiger partial charge in [0.05, 0.1) is 12.8 Å². The van der Waals surface area contributed by atoms with Gasteiger partial charge in [0.15, 0.2) is 0 Å². The minimum absolute atomic E-state index is 0.103. The highest BCUT2D eigenvalue weighted by Crippen LogP contribution is 2.24. The van der Waals surface area contributed by atoms with Crippen molar-refractivity contribution in [1.29, 1.82) is 0 Å². The molecule has 1 aliphatic heterocycles. The van der Waals surface area contributed by atoms with Crippen molar-refractivity contribution in [3.05, 3.63) is 41.3 Å². The Hall–Kier alpha value is -2.50. The number of rotatable bonds is 4. The molecule has 6 heteroatoms. The molecule has 0 saturated carbocycles. The number of nitrogens with zero attached hydrogens (tertiary/aromatic N) is 2. The highest BCUT2D eigenvalue weighted by atomic mass is 16.5. The number of ether oxygens (including phenoxy) is 1. The van der Waals surface area contributed by atoms with Crippen molar-refractivity contribution in [2.75, 3.05) is 25.1 Å². The van der Waals surface area contributed by atoms with Crippen LogP contribution in [0.2, 0.25) is 0 Å². The number of aromatic nitrogens is 1. The number of piperidine rings is 1. The Kier molecular flexibility index (Phi) is 4.74. The van der Waals surface area contributed by atoms with Crippen molar-refractivity contribution in [2.45, 2.75) is 32.7 Å². The molecule has 24 heavy (non-hydrogen) atoms. The average Bonchev–Trinajstić information content (AvgIpc) is 2.94. The number of nitrogens with one attached hydrogen (secondary N) is 1. The van der Waals surface area contributed by atoms with Gasteiger partial charge >= 0.3 is 0 Å². The van der Waals surface area contributed by atoms with Crippen molar-refractivity contribution >= 4 is 11.6 Å². The summed E-state index contributed by atoms with van der Waals surface area (Å²) in [5.74, 6) is 1.29. The molecule has 1 aromatic heterocycles. The normalized spacial score (nSPS) is 17.6. The Morgan fingerprint density at radius 1 is 1.42 bits per heavy atom. The molecular formula is C18H23N3O3. The molecular weight excluding hydrogens is 306 g/mol. The molecule has 2 heterocycles. The van der Waals surface area contributed by atoms with Gasteiger partial charge in [0.2, 0.25) is 0 Å². The van der Waals surface area contributed by atoms with E-state index in [1.807, 2.05) is 18.2 Å². The van der Waals surface area contributed by atoms with Crippen LogP contribution in [0.25, 0.3) is 0 Å². The number of aryl methyl sites for hydroxylation is 2. The van der Waals surface area contributed by atoms with Gasteiger partial charge in [-0.1, -0.05) is 11.2 Å². The van der Waals surface area contributed by atoms with Gasteiger partial charge in [0.1, 0.15) is 17.1 Å². The molecule has 1 fully saturated rings. The lowest BCUT2D eigenvalue weighted by molar-refractivity contribution is 0.0931. The van der Waals surface area contributed by atoms with Crippen LogP contribution in [-0.4, -0.2) is 37.3 Å². The Bertz CT molecular complexity index is 707. The predicted octanol–water partition coefficient (Wildman–Crippen LogP) is 2.70. The Balaban J connectivity index is 1.68. The van der Waals surface area contributed by atoms with Crippen molar-refractivity contribution in [1.82, 2.24) is 10.5 Å². The SMILES string of the molecule is COc1cccc(N2CCCC(NC(=O)c3c(C)noc3C)C2)c1. The summed E-state index contributed by atoms with van der Waals surface area (Å²) < 4.78 is 10.4. The third kappa shape index (κ3) is 3.37. The van der Waals surface area contributed by atoms with Gasteiger partial charge in [-0.05, 0) is 38.8 Å². The second-order valence-corrected chi connectivity index (χ2v) is 6.16. The zero-order chi connectivity index (χ0) is 17.1. The molecule has 1 aliphatic rings. The first kappa shape index (κ1) is 16.4. The van der Waals surface area contributed by atoms with Crippen LogP contribution in [0.3, 0.4) is 0 Å². The zero-order valence-electron chi connectivity index (χ0n) is 14.3.